The van der Waals surface area contributed by atoms with Gasteiger partial charge in [0.2, 0.25) is 0 Å². The van der Waals surface area contributed by atoms with Gasteiger partial charge in [-0.25, -0.2) is 13.2 Å². The number of carbonyl (C=O) groups excluding carboxylic acids is 2. The number of hydrogen-bond acceptors (Lipinski definition) is 7. The lowest BCUT2D eigenvalue weighted by Crippen LogP contribution is -2.43. The first-order valence-corrected chi connectivity index (χ1v) is 11.2. The number of carbonyl (C=O) groups is 2. The summed E-state index contributed by atoms with van der Waals surface area (Å²) < 4.78 is 38.8. The van der Waals surface area contributed by atoms with Crippen molar-refractivity contribution in [2.75, 3.05) is 38.9 Å². The molecular formula is C20H27NO7S. The van der Waals surface area contributed by atoms with E-state index in [9.17, 15) is 18.0 Å². The van der Waals surface area contributed by atoms with Crippen LogP contribution in [0.5, 0.6) is 11.5 Å². The second kappa shape index (κ2) is 10.3. The maximum Gasteiger partial charge on any atom is 0.331 e. The summed E-state index contributed by atoms with van der Waals surface area (Å²) in [5.41, 5.74) is 0.653. The minimum atomic E-state index is -3.11. The first-order valence-electron chi connectivity index (χ1n) is 9.36. The lowest BCUT2D eigenvalue weighted by Gasteiger charge is -2.27. The van der Waals surface area contributed by atoms with Crippen LogP contribution < -0.4 is 9.47 Å². The molecule has 0 radical (unpaired) electrons. The van der Waals surface area contributed by atoms with Crippen LogP contribution in [0.25, 0.3) is 6.08 Å². The molecule has 9 heteroatoms. The summed E-state index contributed by atoms with van der Waals surface area (Å²) in [5.74, 6) is 0.129. The molecule has 1 aliphatic rings. The molecule has 1 fully saturated rings. The van der Waals surface area contributed by atoms with Crippen molar-refractivity contribution < 1.29 is 32.2 Å². The van der Waals surface area contributed by atoms with E-state index in [4.69, 9.17) is 14.2 Å². The Labute approximate surface area is 171 Å². The third-order valence-electron chi connectivity index (χ3n) is 4.61. The molecule has 8 nitrogen and oxygen atoms in total. The van der Waals surface area contributed by atoms with Crippen LogP contribution in [-0.4, -0.2) is 70.1 Å². The average Bonchev–Trinajstić information content (AvgIpc) is 3.07. The Kier molecular flexibility index (Phi) is 8.07. The Bertz CT molecular complexity index is 864. The van der Waals surface area contributed by atoms with E-state index in [0.29, 0.717) is 36.4 Å². The third kappa shape index (κ3) is 6.49. The maximum absolute atomic E-state index is 12.5. The summed E-state index contributed by atoms with van der Waals surface area (Å²) in [5, 5.41) is 0. The third-order valence-corrected chi connectivity index (χ3v) is 6.36. The molecule has 1 aromatic rings. The van der Waals surface area contributed by atoms with Crippen molar-refractivity contribution in [3.63, 3.8) is 0 Å². The highest BCUT2D eigenvalue weighted by Gasteiger charge is 2.34. The fraction of sp³-hybridized carbons (Fsp3) is 0.500. The predicted molar refractivity (Wildman–Crippen MR) is 109 cm³/mol. The van der Waals surface area contributed by atoms with Crippen molar-refractivity contribution in [2.24, 2.45) is 0 Å². The largest absolute Gasteiger partial charge is 0.497 e. The number of benzene rings is 1. The van der Waals surface area contributed by atoms with E-state index in [-0.39, 0.29) is 17.5 Å². The summed E-state index contributed by atoms with van der Waals surface area (Å²) in [6.07, 6.45) is 3.84. The lowest BCUT2D eigenvalue weighted by atomic mass is 10.2. The molecule has 1 aromatic carbocycles. The van der Waals surface area contributed by atoms with Crippen molar-refractivity contribution in [3.8, 4) is 11.5 Å². The SMILES string of the molecule is CCCN(C(=O)COC(=O)/C=C/c1ccc(OC)cc1OC)[C@H]1CCS(=O)(=O)C1. The van der Waals surface area contributed by atoms with Gasteiger partial charge in [0.15, 0.2) is 16.4 Å². The summed E-state index contributed by atoms with van der Waals surface area (Å²) >= 11 is 0. The molecule has 1 saturated heterocycles. The van der Waals surface area contributed by atoms with Gasteiger partial charge in [-0.3, -0.25) is 4.79 Å². The highest BCUT2D eigenvalue weighted by Crippen LogP contribution is 2.25. The van der Waals surface area contributed by atoms with Crippen molar-refractivity contribution >= 4 is 27.8 Å². The van der Waals surface area contributed by atoms with E-state index in [1.807, 2.05) is 6.92 Å². The monoisotopic (exact) mass is 425 g/mol. The highest BCUT2D eigenvalue weighted by molar-refractivity contribution is 7.91. The summed E-state index contributed by atoms with van der Waals surface area (Å²) in [7, 11) is -0.0565. The van der Waals surface area contributed by atoms with Crippen LogP contribution in [0.3, 0.4) is 0 Å². The lowest BCUT2D eigenvalue weighted by molar-refractivity contribution is -0.149. The van der Waals surface area contributed by atoms with Gasteiger partial charge in [0.05, 0.1) is 25.7 Å². The fourth-order valence-corrected chi connectivity index (χ4v) is 4.88. The zero-order valence-corrected chi connectivity index (χ0v) is 17.7. The van der Waals surface area contributed by atoms with Gasteiger partial charge >= 0.3 is 5.97 Å². The summed E-state index contributed by atoms with van der Waals surface area (Å²) in [6.45, 7) is 1.90. The van der Waals surface area contributed by atoms with Gasteiger partial charge in [0, 0.05) is 30.3 Å². The van der Waals surface area contributed by atoms with E-state index in [1.54, 1.807) is 25.3 Å². The number of hydrogen-bond donors (Lipinski definition) is 0. The molecule has 160 valence electrons. The summed E-state index contributed by atoms with van der Waals surface area (Å²) in [4.78, 5) is 26.0. The van der Waals surface area contributed by atoms with Crippen LogP contribution in [0.4, 0.5) is 0 Å². The molecule has 0 N–H and O–H groups in total. The van der Waals surface area contributed by atoms with Gasteiger partial charge in [-0.15, -0.1) is 0 Å². The van der Waals surface area contributed by atoms with Crippen LogP contribution in [0, 0.1) is 0 Å². The standard InChI is InChI=1S/C20H27NO7S/c1-4-10-21(16-9-11-29(24,25)14-16)19(22)13-28-20(23)8-6-15-5-7-17(26-2)12-18(15)27-3/h5-8,12,16H,4,9-11,13-14H2,1-3H3/b8-6+/t16-/m0/s1. The van der Waals surface area contributed by atoms with Crippen LogP contribution in [0.2, 0.25) is 0 Å². The van der Waals surface area contributed by atoms with Crippen molar-refractivity contribution in [1.29, 1.82) is 0 Å². The van der Waals surface area contributed by atoms with E-state index in [1.165, 1.54) is 24.2 Å². The van der Waals surface area contributed by atoms with Crippen molar-refractivity contribution in [3.05, 3.63) is 29.8 Å². The first kappa shape index (κ1) is 22.7. The van der Waals surface area contributed by atoms with Gasteiger partial charge in [-0.05, 0) is 31.1 Å². The molecule has 0 saturated carbocycles. The van der Waals surface area contributed by atoms with Gasteiger partial charge in [0.1, 0.15) is 11.5 Å². The van der Waals surface area contributed by atoms with Gasteiger partial charge in [-0.1, -0.05) is 6.92 Å². The Morgan fingerprint density at radius 2 is 2.00 bits per heavy atom. The average molecular weight is 426 g/mol. The van der Waals surface area contributed by atoms with E-state index in [2.05, 4.69) is 0 Å². The van der Waals surface area contributed by atoms with Crippen molar-refractivity contribution in [2.45, 2.75) is 25.8 Å². The molecule has 1 atom stereocenters. The second-order valence-corrected chi connectivity index (χ2v) is 8.92. The number of sulfone groups is 1. The molecule has 1 heterocycles. The van der Waals surface area contributed by atoms with E-state index < -0.39 is 28.3 Å². The minimum Gasteiger partial charge on any atom is -0.497 e. The molecule has 29 heavy (non-hydrogen) atoms. The number of rotatable bonds is 9. The van der Waals surface area contributed by atoms with Crippen molar-refractivity contribution in [1.82, 2.24) is 4.90 Å². The van der Waals surface area contributed by atoms with Crippen LogP contribution in [0.1, 0.15) is 25.3 Å². The molecule has 2 rings (SSSR count). The Hall–Kier alpha value is -2.55. The molecule has 0 spiro atoms. The molecule has 1 amide bonds. The number of esters is 1. The Morgan fingerprint density at radius 1 is 1.24 bits per heavy atom. The van der Waals surface area contributed by atoms with Gasteiger partial charge in [0.25, 0.3) is 5.91 Å². The Morgan fingerprint density at radius 3 is 2.59 bits per heavy atom. The van der Waals surface area contributed by atoms with Crippen LogP contribution in [0.15, 0.2) is 24.3 Å². The number of methoxy groups -OCH3 is 2. The number of amides is 1. The molecular weight excluding hydrogens is 398 g/mol. The molecule has 0 aromatic heterocycles. The quantitative estimate of drug-likeness (QED) is 0.438. The van der Waals surface area contributed by atoms with Crippen LogP contribution in [-0.2, 0) is 24.2 Å². The van der Waals surface area contributed by atoms with Gasteiger partial charge in [-0.2, -0.15) is 0 Å². The zero-order valence-electron chi connectivity index (χ0n) is 16.9. The second-order valence-electron chi connectivity index (χ2n) is 6.69. The molecule has 1 aliphatic heterocycles. The predicted octanol–water partition coefficient (Wildman–Crippen LogP) is 1.69. The summed E-state index contributed by atoms with van der Waals surface area (Å²) in [6, 6.07) is 4.79. The van der Waals surface area contributed by atoms with E-state index in [0.717, 1.165) is 0 Å². The topological polar surface area (TPSA) is 99.2 Å². The fourth-order valence-electron chi connectivity index (χ4n) is 3.15. The zero-order chi connectivity index (χ0) is 21.4. The number of ether oxygens (including phenoxy) is 3. The molecule has 0 unspecified atom stereocenters. The smallest absolute Gasteiger partial charge is 0.331 e. The van der Waals surface area contributed by atoms with Gasteiger partial charge < -0.3 is 19.1 Å². The molecule has 0 aliphatic carbocycles. The first-order chi connectivity index (χ1) is 13.8. The number of nitrogens with zero attached hydrogens (tertiary/aromatic N) is 1. The minimum absolute atomic E-state index is 0.0378. The maximum atomic E-state index is 12.5. The van der Waals surface area contributed by atoms with E-state index >= 15 is 0 Å². The van der Waals surface area contributed by atoms with Crippen LogP contribution >= 0.6 is 0 Å². The highest BCUT2D eigenvalue weighted by atomic mass is 32.2. The Balaban J connectivity index is 1.95. The molecule has 0 bridgehead atoms. The normalized spacial score (nSPS) is 17.8.